The van der Waals surface area contributed by atoms with Gasteiger partial charge in [0.15, 0.2) is 5.16 Å². The summed E-state index contributed by atoms with van der Waals surface area (Å²) in [7, 11) is 0. The minimum atomic E-state index is -0.456. The maximum Gasteiger partial charge on any atom is 0.255 e. The summed E-state index contributed by atoms with van der Waals surface area (Å²) in [5.74, 6) is 0.173. The molecular weight excluding hydrogens is 356 g/mol. The predicted molar refractivity (Wildman–Crippen MR) is 95.4 cm³/mol. The molecule has 9 heteroatoms. The molecule has 2 bridgehead atoms. The lowest BCUT2D eigenvalue weighted by Crippen LogP contribution is -2.49. The van der Waals surface area contributed by atoms with Crippen LogP contribution in [0.3, 0.4) is 0 Å². The molecule has 136 valence electrons. The number of H-pyrrole nitrogens is 1. The highest BCUT2D eigenvalue weighted by atomic mass is 32.2. The number of piperidine rings is 1. The molecule has 0 unspecified atom stereocenters. The number of fused-ring (bicyclic) bond motifs is 4. The van der Waals surface area contributed by atoms with Crippen LogP contribution in [0.4, 0.5) is 0 Å². The van der Waals surface area contributed by atoms with Gasteiger partial charge in [0.25, 0.3) is 11.1 Å². The van der Waals surface area contributed by atoms with Crippen LogP contribution >= 0.6 is 11.8 Å². The van der Waals surface area contributed by atoms with Crippen molar-refractivity contribution in [3.05, 3.63) is 50.7 Å². The van der Waals surface area contributed by atoms with Crippen molar-refractivity contribution in [1.82, 2.24) is 19.4 Å². The molecule has 1 saturated heterocycles. The molecule has 0 saturated carbocycles. The fourth-order valence-electron chi connectivity index (χ4n) is 3.81. The lowest BCUT2D eigenvalue weighted by Gasteiger charge is -2.42. The van der Waals surface area contributed by atoms with Crippen molar-refractivity contribution in [2.24, 2.45) is 5.92 Å². The fraction of sp³-hybridized carbons (Fsp3) is 0.412. The number of nitrogens with one attached hydrogen (secondary N) is 1. The molecule has 2 aromatic rings. The number of pyridine rings is 1. The number of amides is 1. The van der Waals surface area contributed by atoms with E-state index in [1.54, 1.807) is 12.1 Å². The molecule has 26 heavy (non-hydrogen) atoms. The topological polar surface area (TPSA) is 108 Å². The van der Waals surface area contributed by atoms with Gasteiger partial charge in [0, 0.05) is 37.3 Å². The van der Waals surface area contributed by atoms with E-state index in [4.69, 9.17) is 0 Å². The minimum absolute atomic E-state index is 0.0199. The number of nitrogens with zero attached hydrogens (tertiary/aromatic N) is 3. The second-order valence-corrected chi connectivity index (χ2v) is 7.66. The van der Waals surface area contributed by atoms with E-state index in [1.807, 2.05) is 15.5 Å². The zero-order valence-corrected chi connectivity index (χ0v) is 14.7. The third-order valence-electron chi connectivity index (χ3n) is 4.87. The van der Waals surface area contributed by atoms with Crippen molar-refractivity contribution in [3.63, 3.8) is 0 Å². The number of thioether (sulfide) groups is 1. The summed E-state index contributed by atoms with van der Waals surface area (Å²) in [5, 5.41) is 9.58. The zero-order valence-electron chi connectivity index (χ0n) is 13.9. The number of aromatic nitrogens is 3. The summed E-state index contributed by atoms with van der Waals surface area (Å²) in [4.78, 5) is 44.1. The van der Waals surface area contributed by atoms with Gasteiger partial charge in [-0.2, -0.15) is 4.98 Å². The molecule has 2 atom stereocenters. The Balaban J connectivity index is 1.45. The number of rotatable bonds is 3. The average Bonchev–Trinajstić information content (AvgIpc) is 2.60. The first-order valence-corrected chi connectivity index (χ1v) is 9.39. The molecular formula is C17H18N4O4S. The van der Waals surface area contributed by atoms with Crippen molar-refractivity contribution in [2.75, 3.05) is 18.8 Å². The zero-order chi connectivity index (χ0) is 18.3. The van der Waals surface area contributed by atoms with Crippen molar-refractivity contribution < 1.29 is 9.90 Å². The summed E-state index contributed by atoms with van der Waals surface area (Å²) < 4.78 is 1.83. The van der Waals surface area contributed by atoms with E-state index in [9.17, 15) is 19.5 Å². The first kappa shape index (κ1) is 16.9. The Bertz CT molecular complexity index is 970. The summed E-state index contributed by atoms with van der Waals surface area (Å²) in [6.45, 7) is 1.86. The first-order valence-electron chi connectivity index (χ1n) is 8.40. The van der Waals surface area contributed by atoms with E-state index in [0.29, 0.717) is 19.6 Å². The van der Waals surface area contributed by atoms with Gasteiger partial charge in [-0.3, -0.25) is 14.4 Å². The maximum atomic E-state index is 12.6. The molecule has 0 radical (unpaired) electrons. The van der Waals surface area contributed by atoms with E-state index in [-0.39, 0.29) is 40.1 Å². The molecule has 2 aliphatic rings. The van der Waals surface area contributed by atoms with Gasteiger partial charge < -0.3 is 19.6 Å². The van der Waals surface area contributed by atoms with Crippen LogP contribution < -0.4 is 11.1 Å². The van der Waals surface area contributed by atoms with E-state index in [1.165, 1.54) is 0 Å². The normalized spacial score (nSPS) is 21.3. The van der Waals surface area contributed by atoms with Gasteiger partial charge >= 0.3 is 0 Å². The average molecular weight is 374 g/mol. The SMILES string of the molecule is O=C(CSc1nc(O)cc(=O)[nH]1)N1C[C@H]2C[C@H](C1)c1cccc(=O)n1C2. The summed E-state index contributed by atoms with van der Waals surface area (Å²) in [6.07, 6.45) is 0.988. The van der Waals surface area contributed by atoms with Crippen LogP contribution in [0.25, 0.3) is 0 Å². The molecule has 1 amide bonds. The van der Waals surface area contributed by atoms with Gasteiger partial charge in [-0.05, 0) is 18.4 Å². The van der Waals surface area contributed by atoms with Crippen molar-refractivity contribution in [2.45, 2.75) is 24.0 Å². The summed E-state index contributed by atoms with van der Waals surface area (Å²) >= 11 is 1.09. The van der Waals surface area contributed by atoms with E-state index in [2.05, 4.69) is 9.97 Å². The minimum Gasteiger partial charge on any atom is -0.493 e. The Hall–Kier alpha value is -2.55. The van der Waals surface area contributed by atoms with Crippen LogP contribution in [0.2, 0.25) is 0 Å². The number of aromatic amines is 1. The van der Waals surface area contributed by atoms with Crippen LogP contribution in [-0.4, -0.2) is 49.3 Å². The predicted octanol–water partition coefficient (Wildman–Crippen LogP) is 0.375. The Morgan fingerprint density at radius 2 is 2.15 bits per heavy atom. The van der Waals surface area contributed by atoms with Gasteiger partial charge in [0.1, 0.15) is 0 Å². The molecule has 0 aliphatic carbocycles. The monoisotopic (exact) mass is 374 g/mol. The number of likely N-dealkylation sites (tertiary alicyclic amines) is 1. The van der Waals surface area contributed by atoms with Crippen molar-refractivity contribution in [1.29, 1.82) is 0 Å². The standard InChI is InChI=1S/C17H18N4O4S/c22-13-5-14(23)19-17(18-13)26-9-16(25)20-6-10-4-11(8-20)12-2-1-3-15(24)21(12)7-10/h1-3,5,10-11H,4,6-9H2,(H2,18,19,22,23)/t10-,11-/m1/s1. The summed E-state index contributed by atoms with van der Waals surface area (Å²) in [6, 6.07) is 6.30. The van der Waals surface area contributed by atoms with Gasteiger partial charge in [0.05, 0.1) is 11.8 Å². The second-order valence-electron chi connectivity index (χ2n) is 6.69. The number of aromatic hydroxyl groups is 1. The number of hydrogen-bond donors (Lipinski definition) is 2. The lowest BCUT2D eigenvalue weighted by atomic mass is 9.83. The highest BCUT2D eigenvalue weighted by molar-refractivity contribution is 7.99. The third kappa shape index (κ3) is 3.26. The first-order chi connectivity index (χ1) is 12.5. The van der Waals surface area contributed by atoms with Gasteiger partial charge in [0.2, 0.25) is 11.8 Å². The highest BCUT2D eigenvalue weighted by Crippen LogP contribution is 2.35. The molecule has 0 spiro atoms. The van der Waals surface area contributed by atoms with E-state index < -0.39 is 5.56 Å². The molecule has 2 N–H and O–H groups in total. The maximum absolute atomic E-state index is 12.6. The molecule has 4 rings (SSSR count). The Labute approximate surface area is 152 Å². The quantitative estimate of drug-likeness (QED) is 0.594. The number of carbonyl (C=O) groups is 1. The highest BCUT2D eigenvalue weighted by Gasteiger charge is 2.36. The largest absolute Gasteiger partial charge is 0.493 e. The molecule has 2 aromatic heterocycles. The second kappa shape index (κ2) is 6.64. The van der Waals surface area contributed by atoms with Gasteiger partial charge in [-0.1, -0.05) is 17.8 Å². The van der Waals surface area contributed by atoms with E-state index >= 15 is 0 Å². The number of carbonyl (C=O) groups excluding carboxylic acids is 1. The van der Waals surface area contributed by atoms with Crippen LogP contribution in [0, 0.1) is 5.92 Å². The molecule has 1 fully saturated rings. The Morgan fingerprint density at radius 3 is 2.96 bits per heavy atom. The molecule has 0 aromatic carbocycles. The molecule has 8 nitrogen and oxygen atoms in total. The van der Waals surface area contributed by atoms with Gasteiger partial charge in [-0.15, -0.1) is 0 Å². The summed E-state index contributed by atoms with van der Waals surface area (Å²) in [5.41, 5.74) is 0.561. The molecule has 2 aliphatic heterocycles. The molecule has 4 heterocycles. The smallest absolute Gasteiger partial charge is 0.255 e. The van der Waals surface area contributed by atoms with Gasteiger partial charge in [-0.25, -0.2) is 0 Å². The third-order valence-corrected chi connectivity index (χ3v) is 5.73. The van der Waals surface area contributed by atoms with Crippen molar-refractivity contribution >= 4 is 17.7 Å². The van der Waals surface area contributed by atoms with Crippen LogP contribution in [0.15, 0.2) is 39.0 Å². The fourth-order valence-corrected chi connectivity index (χ4v) is 4.59. The lowest BCUT2D eigenvalue weighted by molar-refractivity contribution is -0.131. The van der Waals surface area contributed by atoms with E-state index in [0.717, 1.165) is 29.9 Å². The van der Waals surface area contributed by atoms with Crippen molar-refractivity contribution in [3.8, 4) is 5.88 Å². The van der Waals surface area contributed by atoms with Crippen LogP contribution in [0.1, 0.15) is 18.0 Å². The Morgan fingerprint density at radius 1 is 1.31 bits per heavy atom. The Kier molecular flexibility index (Phi) is 4.31. The van der Waals surface area contributed by atoms with Crippen LogP contribution in [-0.2, 0) is 11.3 Å². The van der Waals surface area contributed by atoms with Crippen LogP contribution in [0.5, 0.6) is 5.88 Å². The number of hydrogen-bond acceptors (Lipinski definition) is 6.